The Bertz CT molecular complexity index is 1030. The minimum Gasteiger partial charge on any atom is -0.348 e. The summed E-state index contributed by atoms with van der Waals surface area (Å²) in [5.41, 5.74) is -1.70. The molecule has 0 aliphatic heterocycles. The van der Waals surface area contributed by atoms with Crippen LogP contribution in [0.5, 0.6) is 0 Å². The number of carbonyl (C=O) groups excluding carboxylic acids is 1. The molecule has 5 nitrogen and oxygen atoms in total. The van der Waals surface area contributed by atoms with Crippen LogP contribution in [0.4, 0.5) is 13.2 Å². The van der Waals surface area contributed by atoms with Crippen molar-refractivity contribution in [1.82, 2.24) is 10.0 Å². The molecule has 0 saturated heterocycles. The van der Waals surface area contributed by atoms with Crippen LogP contribution in [0.1, 0.15) is 31.9 Å². The highest BCUT2D eigenvalue weighted by atomic mass is 32.2. The van der Waals surface area contributed by atoms with Gasteiger partial charge < -0.3 is 5.32 Å². The summed E-state index contributed by atoms with van der Waals surface area (Å²) in [5, 5.41) is 2.34. The summed E-state index contributed by atoms with van der Waals surface area (Å²) < 4.78 is 67.9. The first-order chi connectivity index (χ1) is 13.8. The second-order valence-electron chi connectivity index (χ2n) is 7.60. The number of amides is 1. The molecular formula is C21H23F3N2O3S. The first-order valence-corrected chi connectivity index (χ1v) is 10.5. The van der Waals surface area contributed by atoms with Crippen LogP contribution in [0.15, 0.2) is 65.6 Å². The number of sulfonamides is 1. The van der Waals surface area contributed by atoms with E-state index in [-0.39, 0.29) is 22.6 Å². The average Bonchev–Trinajstić information content (AvgIpc) is 2.62. The van der Waals surface area contributed by atoms with Crippen molar-refractivity contribution in [1.29, 1.82) is 0 Å². The lowest BCUT2D eigenvalue weighted by molar-refractivity contribution is -0.117. The molecule has 0 heterocycles. The number of allylic oxidation sites excluding steroid dienone is 1. The molecule has 0 bridgehead atoms. The summed E-state index contributed by atoms with van der Waals surface area (Å²) in [6.45, 7) is 4.79. The number of nitrogens with one attached hydrogen (secondary N) is 2. The number of rotatable bonds is 6. The minimum atomic E-state index is -4.73. The quantitative estimate of drug-likeness (QED) is 0.666. The molecule has 0 fully saturated rings. The topological polar surface area (TPSA) is 75.3 Å². The number of hydrogen-bond acceptors (Lipinski definition) is 3. The van der Waals surface area contributed by atoms with E-state index in [0.717, 1.165) is 0 Å². The summed E-state index contributed by atoms with van der Waals surface area (Å²) >= 11 is 0. The molecule has 0 aliphatic rings. The Balaban J connectivity index is 2.25. The van der Waals surface area contributed by atoms with Gasteiger partial charge in [-0.2, -0.15) is 13.2 Å². The number of alkyl halides is 3. The van der Waals surface area contributed by atoms with Crippen molar-refractivity contribution < 1.29 is 26.4 Å². The molecule has 2 aromatic rings. The van der Waals surface area contributed by atoms with E-state index < -0.39 is 33.2 Å². The fraction of sp³-hybridized carbons (Fsp3) is 0.286. The Kier molecular flexibility index (Phi) is 7.10. The molecule has 2 N–H and O–H groups in total. The third-order valence-corrected chi connectivity index (χ3v) is 5.68. The molecular weight excluding hydrogens is 417 g/mol. The van der Waals surface area contributed by atoms with Gasteiger partial charge in [0.2, 0.25) is 15.9 Å². The standard InChI is InChI=1S/C21H23F3N2O3S/c1-20(2,3)26-30(28,29)18-12-8-7-11-16(18)14-25-19(27)13-17(21(22,23)24)15-9-5-4-6-10-15/h4-13,26H,14H2,1-3H3,(H,25,27)/b17-13-. The second kappa shape index (κ2) is 9.01. The maximum absolute atomic E-state index is 13.4. The molecule has 0 aromatic heterocycles. The first kappa shape index (κ1) is 23.6. The van der Waals surface area contributed by atoms with Gasteiger partial charge in [-0.15, -0.1) is 0 Å². The molecule has 0 unspecified atom stereocenters. The molecule has 0 saturated carbocycles. The number of hydrogen-bond donors (Lipinski definition) is 2. The predicted octanol–water partition coefficient (Wildman–Crippen LogP) is 4.03. The molecule has 0 radical (unpaired) electrons. The molecule has 30 heavy (non-hydrogen) atoms. The largest absolute Gasteiger partial charge is 0.417 e. The van der Waals surface area contributed by atoms with E-state index in [1.54, 1.807) is 32.9 Å². The van der Waals surface area contributed by atoms with Crippen molar-refractivity contribution >= 4 is 21.5 Å². The highest BCUT2D eigenvalue weighted by molar-refractivity contribution is 7.89. The third kappa shape index (κ3) is 6.70. The predicted molar refractivity (Wildman–Crippen MR) is 109 cm³/mol. The number of benzene rings is 2. The highest BCUT2D eigenvalue weighted by Crippen LogP contribution is 2.33. The van der Waals surface area contributed by atoms with Gasteiger partial charge in [0.1, 0.15) is 0 Å². The third-order valence-electron chi connectivity index (χ3n) is 3.82. The Morgan fingerprint density at radius 1 is 0.967 bits per heavy atom. The zero-order valence-electron chi connectivity index (χ0n) is 16.7. The maximum atomic E-state index is 13.4. The zero-order valence-corrected chi connectivity index (χ0v) is 17.6. The average molecular weight is 440 g/mol. The van der Waals surface area contributed by atoms with Crippen molar-refractivity contribution in [3.63, 3.8) is 0 Å². The van der Waals surface area contributed by atoms with Crippen molar-refractivity contribution in [2.24, 2.45) is 0 Å². The Morgan fingerprint density at radius 3 is 2.10 bits per heavy atom. The lowest BCUT2D eigenvalue weighted by atomic mass is 10.1. The van der Waals surface area contributed by atoms with Gasteiger partial charge >= 0.3 is 6.18 Å². The van der Waals surface area contributed by atoms with Crippen LogP contribution >= 0.6 is 0 Å². The van der Waals surface area contributed by atoms with E-state index in [4.69, 9.17) is 0 Å². The smallest absolute Gasteiger partial charge is 0.348 e. The van der Waals surface area contributed by atoms with Crippen LogP contribution in [0.2, 0.25) is 0 Å². The second-order valence-corrected chi connectivity index (χ2v) is 9.25. The van der Waals surface area contributed by atoms with Gasteiger partial charge in [-0.05, 0) is 38.0 Å². The summed E-state index contributed by atoms with van der Waals surface area (Å²) in [6.07, 6.45) is -4.25. The van der Waals surface area contributed by atoms with Crippen LogP contribution in [0, 0.1) is 0 Å². The fourth-order valence-electron chi connectivity index (χ4n) is 2.68. The lowest BCUT2D eigenvalue weighted by Crippen LogP contribution is -2.41. The van der Waals surface area contributed by atoms with Gasteiger partial charge in [-0.3, -0.25) is 4.79 Å². The molecule has 0 aliphatic carbocycles. The monoisotopic (exact) mass is 440 g/mol. The van der Waals surface area contributed by atoms with Gasteiger partial charge in [-0.25, -0.2) is 13.1 Å². The molecule has 1 amide bonds. The summed E-state index contributed by atoms with van der Waals surface area (Å²) in [7, 11) is -3.88. The molecule has 2 rings (SSSR count). The van der Waals surface area contributed by atoms with E-state index in [9.17, 15) is 26.4 Å². The SMILES string of the molecule is CC(C)(C)NS(=O)(=O)c1ccccc1CNC(=O)/C=C(/c1ccccc1)C(F)(F)F. The van der Waals surface area contributed by atoms with Crippen LogP contribution in [0.25, 0.3) is 5.57 Å². The highest BCUT2D eigenvalue weighted by Gasteiger charge is 2.35. The Labute approximate surface area is 174 Å². The van der Waals surface area contributed by atoms with Crippen LogP contribution < -0.4 is 10.0 Å². The van der Waals surface area contributed by atoms with Crippen molar-refractivity contribution in [2.75, 3.05) is 0 Å². The van der Waals surface area contributed by atoms with E-state index in [1.807, 2.05) is 0 Å². The van der Waals surface area contributed by atoms with Gasteiger partial charge in [-0.1, -0.05) is 48.5 Å². The van der Waals surface area contributed by atoms with Gasteiger partial charge in [0.05, 0.1) is 10.5 Å². The molecule has 0 atom stereocenters. The van der Waals surface area contributed by atoms with E-state index >= 15 is 0 Å². The fourth-order valence-corrected chi connectivity index (χ4v) is 4.34. The van der Waals surface area contributed by atoms with Crippen LogP contribution in [-0.2, 0) is 21.4 Å². The van der Waals surface area contributed by atoms with E-state index in [0.29, 0.717) is 6.08 Å². The molecule has 9 heteroatoms. The normalized spacial score (nSPS) is 13.2. The first-order valence-electron chi connectivity index (χ1n) is 9.04. The van der Waals surface area contributed by atoms with E-state index in [2.05, 4.69) is 10.0 Å². The van der Waals surface area contributed by atoms with Crippen molar-refractivity contribution in [3.05, 3.63) is 71.8 Å². The molecule has 2 aromatic carbocycles. The summed E-state index contributed by atoms with van der Waals surface area (Å²) in [4.78, 5) is 12.1. The molecule has 162 valence electrons. The zero-order chi connectivity index (χ0) is 22.6. The van der Waals surface area contributed by atoms with Gasteiger partial charge in [0.25, 0.3) is 0 Å². The Morgan fingerprint density at radius 2 is 1.53 bits per heavy atom. The van der Waals surface area contributed by atoms with Crippen molar-refractivity contribution in [3.8, 4) is 0 Å². The van der Waals surface area contributed by atoms with E-state index in [1.165, 1.54) is 42.5 Å². The Hall–Kier alpha value is -2.65. The minimum absolute atomic E-state index is 0.0525. The number of halogens is 3. The van der Waals surface area contributed by atoms with Gasteiger partial charge in [0.15, 0.2) is 0 Å². The summed E-state index contributed by atoms with van der Waals surface area (Å²) in [5.74, 6) is -0.984. The van der Waals surface area contributed by atoms with Gasteiger partial charge in [0, 0.05) is 18.2 Å². The summed E-state index contributed by atoms with van der Waals surface area (Å²) in [6, 6.07) is 12.9. The van der Waals surface area contributed by atoms with Crippen LogP contribution in [-0.4, -0.2) is 26.0 Å². The van der Waals surface area contributed by atoms with Crippen LogP contribution in [0.3, 0.4) is 0 Å². The van der Waals surface area contributed by atoms with Crippen molar-refractivity contribution in [2.45, 2.75) is 43.9 Å². The molecule has 0 spiro atoms. The number of carbonyl (C=O) groups is 1. The lowest BCUT2D eigenvalue weighted by Gasteiger charge is -2.21. The maximum Gasteiger partial charge on any atom is 0.417 e.